The maximum Gasteiger partial charge on any atom is 0.261 e. The van der Waals surface area contributed by atoms with E-state index in [4.69, 9.17) is 4.74 Å². The van der Waals surface area contributed by atoms with E-state index in [0.717, 1.165) is 42.5 Å². The van der Waals surface area contributed by atoms with Crippen molar-refractivity contribution < 1.29 is 14.3 Å². The molecule has 1 saturated carbocycles. The second-order valence-electron chi connectivity index (χ2n) is 9.95. The van der Waals surface area contributed by atoms with Crippen LogP contribution >= 0.6 is 0 Å². The molecule has 2 atom stereocenters. The number of fused-ring (bicyclic) bond motifs is 1. The molecule has 0 aromatic heterocycles. The summed E-state index contributed by atoms with van der Waals surface area (Å²) in [5.74, 6) is 0.953. The van der Waals surface area contributed by atoms with Crippen LogP contribution in [0.5, 0.6) is 5.75 Å². The number of rotatable bonds is 8. The Balaban J connectivity index is 1.39. The van der Waals surface area contributed by atoms with E-state index in [2.05, 4.69) is 47.5 Å². The van der Waals surface area contributed by atoms with Crippen LogP contribution in [0.25, 0.3) is 0 Å². The third-order valence-electron chi connectivity index (χ3n) is 7.20. The van der Waals surface area contributed by atoms with Crippen LogP contribution in [0, 0.1) is 12.8 Å². The number of hydrogen-bond donors (Lipinski definition) is 1. The minimum Gasteiger partial charge on any atom is -0.481 e. The molecule has 1 heterocycles. The van der Waals surface area contributed by atoms with Crippen LogP contribution < -0.4 is 10.1 Å². The number of carbonyl (C=O) groups excluding carboxylic acids is 2. The quantitative estimate of drug-likeness (QED) is 0.471. The zero-order valence-corrected chi connectivity index (χ0v) is 21.1. The first kappa shape index (κ1) is 24.1. The molecule has 1 N–H and O–H groups in total. The second-order valence-corrected chi connectivity index (χ2v) is 9.95. The van der Waals surface area contributed by atoms with Gasteiger partial charge in [0.05, 0.1) is 6.04 Å². The van der Waals surface area contributed by atoms with Gasteiger partial charge in [-0.25, -0.2) is 0 Å². The van der Waals surface area contributed by atoms with Crippen molar-refractivity contribution in [1.29, 1.82) is 0 Å². The Kier molecular flexibility index (Phi) is 7.08. The van der Waals surface area contributed by atoms with Gasteiger partial charge in [0, 0.05) is 19.0 Å². The van der Waals surface area contributed by atoms with Crippen LogP contribution in [0.3, 0.4) is 0 Å². The fraction of sp³-hybridized carbons (Fsp3) is 0.355. The molecule has 0 radical (unpaired) electrons. The highest BCUT2D eigenvalue weighted by atomic mass is 16.5. The first-order valence-electron chi connectivity index (χ1n) is 13.0. The zero-order chi connectivity index (χ0) is 25.1. The van der Waals surface area contributed by atoms with Crippen LogP contribution in [0.15, 0.2) is 72.8 Å². The predicted octanol–water partition coefficient (Wildman–Crippen LogP) is 5.35. The molecule has 1 aliphatic heterocycles. The fourth-order valence-electron chi connectivity index (χ4n) is 4.96. The van der Waals surface area contributed by atoms with Gasteiger partial charge in [-0.2, -0.15) is 0 Å². The maximum absolute atomic E-state index is 13.2. The molecule has 3 aromatic rings. The van der Waals surface area contributed by atoms with Crippen molar-refractivity contribution in [3.8, 4) is 5.75 Å². The molecule has 5 heteroatoms. The number of carbonyl (C=O) groups is 2. The van der Waals surface area contributed by atoms with Gasteiger partial charge in [0.25, 0.3) is 5.91 Å². The minimum absolute atomic E-state index is 0.125. The number of nitrogens with one attached hydrogen (secondary N) is 1. The third kappa shape index (κ3) is 5.30. The molecular weight excluding hydrogens is 448 g/mol. The first-order valence-corrected chi connectivity index (χ1v) is 13.0. The van der Waals surface area contributed by atoms with Crippen molar-refractivity contribution in [2.75, 3.05) is 6.54 Å². The summed E-state index contributed by atoms with van der Waals surface area (Å²) in [6.07, 6.45) is 2.78. The minimum atomic E-state index is -0.586. The SMILES string of the molecule is CC[C@@H](Oc1ccc2c(c1)[C@@H](c1ccc(C)cc1)N(C(=O)C1CC1)CC2)C(=O)NCc1ccccc1. The summed E-state index contributed by atoms with van der Waals surface area (Å²) in [7, 11) is 0. The van der Waals surface area contributed by atoms with Crippen molar-refractivity contribution >= 4 is 11.8 Å². The summed E-state index contributed by atoms with van der Waals surface area (Å²) in [4.78, 5) is 28.2. The molecule has 0 bridgehead atoms. The standard InChI is InChI=1S/C31H34N2O3/c1-3-28(30(34)32-20-22-7-5-4-6-8-22)36-26-16-15-23-17-18-33(31(35)25-13-14-25)29(27(23)19-26)24-11-9-21(2)10-12-24/h4-12,15-16,19,25,28-29H,3,13-14,17-18,20H2,1-2H3,(H,32,34)/t28-,29-/m1/s1. The normalized spacial score (nSPS) is 17.7. The van der Waals surface area contributed by atoms with E-state index in [1.54, 1.807) is 0 Å². The third-order valence-corrected chi connectivity index (χ3v) is 7.20. The Hall–Kier alpha value is -3.60. The summed E-state index contributed by atoms with van der Waals surface area (Å²) >= 11 is 0. The van der Waals surface area contributed by atoms with Crippen molar-refractivity contribution in [3.63, 3.8) is 0 Å². The summed E-state index contributed by atoms with van der Waals surface area (Å²) in [5, 5.41) is 3.00. The lowest BCUT2D eigenvalue weighted by molar-refractivity contribution is -0.134. The molecule has 5 rings (SSSR count). The Morgan fingerprint density at radius 3 is 2.47 bits per heavy atom. The van der Waals surface area contributed by atoms with Crippen molar-refractivity contribution in [2.24, 2.45) is 5.92 Å². The van der Waals surface area contributed by atoms with Crippen LogP contribution in [0.2, 0.25) is 0 Å². The lowest BCUT2D eigenvalue weighted by atomic mass is 9.87. The lowest BCUT2D eigenvalue weighted by Gasteiger charge is -2.38. The molecular formula is C31H34N2O3. The average Bonchev–Trinajstić information content (AvgIpc) is 3.76. The summed E-state index contributed by atoms with van der Waals surface area (Å²) in [6.45, 7) is 5.22. The van der Waals surface area contributed by atoms with E-state index in [-0.39, 0.29) is 23.8 Å². The highest BCUT2D eigenvalue weighted by Gasteiger charge is 2.39. The molecule has 2 amide bonds. The molecule has 0 saturated heterocycles. The number of ether oxygens (including phenoxy) is 1. The summed E-state index contributed by atoms with van der Waals surface area (Å²) in [5.41, 5.74) is 5.68. The van der Waals surface area contributed by atoms with Crippen molar-refractivity contribution in [3.05, 3.63) is 101 Å². The fourth-order valence-corrected chi connectivity index (χ4v) is 4.96. The zero-order valence-electron chi connectivity index (χ0n) is 21.1. The van der Waals surface area contributed by atoms with Gasteiger partial charge in [-0.3, -0.25) is 9.59 Å². The van der Waals surface area contributed by atoms with Crippen LogP contribution in [0.4, 0.5) is 0 Å². The summed E-state index contributed by atoms with van der Waals surface area (Å²) in [6, 6.07) is 24.3. The van der Waals surface area contributed by atoms with E-state index in [1.807, 2.05) is 49.4 Å². The average molecular weight is 483 g/mol. The number of hydrogen-bond acceptors (Lipinski definition) is 3. The maximum atomic E-state index is 13.2. The topological polar surface area (TPSA) is 58.6 Å². The molecule has 1 aliphatic carbocycles. The number of aryl methyl sites for hydroxylation is 1. The molecule has 186 valence electrons. The Morgan fingerprint density at radius 2 is 1.78 bits per heavy atom. The smallest absolute Gasteiger partial charge is 0.261 e. The summed E-state index contributed by atoms with van der Waals surface area (Å²) < 4.78 is 6.22. The lowest BCUT2D eigenvalue weighted by Crippen LogP contribution is -2.41. The van der Waals surface area contributed by atoms with Gasteiger partial charge in [0.2, 0.25) is 5.91 Å². The van der Waals surface area contributed by atoms with Gasteiger partial charge in [-0.05, 0) is 67.0 Å². The van der Waals surface area contributed by atoms with E-state index in [1.165, 1.54) is 11.1 Å². The molecule has 0 spiro atoms. The number of benzene rings is 3. The van der Waals surface area contributed by atoms with Crippen molar-refractivity contribution in [2.45, 2.75) is 58.2 Å². The van der Waals surface area contributed by atoms with Crippen LogP contribution in [0.1, 0.15) is 60.0 Å². The van der Waals surface area contributed by atoms with E-state index in [0.29, 0.717) is 18.7 Å². The van der Waals surface area contributed by atoms with Gasteiger partial charge in [0.1, 0.15) is 5.75 Å². The van der Waals surface area contributed by atoms with Gasteiger partial charge in [0.15, 0.2) is 6.10 Å². The highest BCUT2D eigenvalue weighted by Crippen LogP contribution is 2.41. The van der Waals surface area contributed by atoms with Gasteiger partial charge in [-0.1, -0.05) is 73.2 Å². The molecule has 1 fully saturated rings. The van der Waals surface area contributed by atoms with E-state index >= 15 is 0 Å². The molecule has 5 nitrogen and oxygen atoms in total. The van der Waals surface area contributed by atoms with Gasteiger partial charge in [-0.15, -0.1) is 0 Å². The molecule has 2 aliphatic rings. The second kappa shape index (κ2) is 10.6. The molecule has 0 unspecified atom stereocenters. The monoisotopic (exact) mass is 482 g/mol. The van der Waals surface area contributed by atoms with Gasteiger partial charge < -0.3 is 15.0 Å². The molecule has 3 aromatic carbocycles. The van der Waals surface area contributed by atoms with E-state index in [9.17, 15) is 9.59 Å². The van der Waals surface area contributed by atoms with Gasteiger partial charge >= 0.3 is 0 Å². The van der Waals surface area contributed by atoms with Crippen molar-refractivity contribution in [1.82, 2.24) is 10.2 Å². The molecule has 36 heavy (non-hydrogen) atoms. The first-order chi connectivity index (χ1) is 17.5. The van der Waals surface area contributed by atoms with E-state index < -0.39 is 6.10 Å². The van der Waals surface area contributed by atoms with Crippen LogP contribution in [-0.4, -0.2) is 29.4 Å². The number of amides is 2. The Bertz CT molecular complexity index is 1220. The Morgan fingerprint density at radius 1 is 1.03 bits per heavy atom. The van der Waals surface area contributed by atoms with Crippen LogP contribution in [-0.2, 0) is 22.6 Å². The predicted molar refractivity (Wildman–Crippen MR) is 141 cm³/mol. The largest absolute Gasteiger partial charge is 0.481 e. The Labute approximate surface area is 213 Å². The number of nitrogens with zero attached hydrogens (tertiary/aromatic N) is 1. The highest BCUT2D eigenvalue weighted by molar-refractivity contribution is 5.82.